The van der Waals surface area contributed by atoms with Crippen molar-refractivity contribution in [1.29, 1.82) is 5.26 Å². The Morgan fingerprint density at radius 1 is 1.13 bits per heavy atom. The summed E-state index contributed by atoms with van der Waals surface area (Å²) in [7, 11) is 3.46. The lowest BCUT2D eigenvalue weighted by atomic mass is 9.83. The van der Waals surface area contributed by atoms with E-state index in [0.717, 1.165) is 16.9 Å². The normalized spacial score (nSPS) is 15.9. The molecule has 0 bridgehead atoms. The maximum atomic E-state index is 12.5. The molecule has 158 valence electrons. The Labute approximate surface area is 182 Å². The number of fused-ring (bicyclic) bond motifs is 1. The number of para-hydroxylation sites is 1. The molecule has 0 aliphatic carbocycles. The number of esters is 1. The van der Waals surface area contributed by atoms with Gasteiger partial charge in [-0.05, 0) is 35.4 Å². The summed E-state index contributed by atoms with van der Waals surface area (Å²) in [5.41, 5.74) is 3.10. The SMILES string of the molecule is COc1ccc(/C=C(/C#N)C(=O)OCC(=O)/C=C2\N(C)c3ccccc3C2(C)C)cc1. The minimum Gasteiger partial charge on any atom is -0.497 e. The van der Waals surface area contributed by atoms with Crippen molar-refractivity contribution in [2.24, 2.45) is 0 Å². The van der Waals surface area contributed by atoms with Crippen LogP contribution in [0.15, 0.2) is 65.9 Å². The molecule has 0 fully saturated rings. The molecule has 0 amide bonds. The van der Waals surface area contributed by atoms with E-state index in [1.54, 1.807) is 31.4 Å². The van der Waals surface area contributed by atoms with Crippen LogP contribution in [-0.2, 0) is 19.7 Å². The third kappa shape index (κ3) is 4.51. The van der Waals surface area contributed by atoms with Gasteiger partial charge in [0, 0.05) is 29.9 Å². The molecule has 0 aromatic heterocycles. The summed E-state index contributed by atoms with van der Waals surface area (Å²) in [6.07, 6.45) is 2.92. The quantitative estimate of drug-likeness (QED) is 0.402. The molecular formula is C25H24N2O4. The summed E-state index contributed by atoms with van der Waals surface area (Å²) in [5, 5.41) is 9.31. The van der Waals surface area contributed by atoms with Crippen LogP contribution in [-0.4, -0.2) is 32.5 Å². The first-order valence-electron chi connectivity index (χ1n) is 9.79. The van der Waals surface area contributed by atoms with E-state index in [1.807, 2.05) is 56.1 Å². The van der Waals surface area contributed by atoms with Crippen molar-refractivity contribution < 1.29 is 19.1 Å². The lowest BCUT2D eigenvalue weighted by Crippen LogP contribution is -2.25. The zero-order valence-corrected chi connectivity index (χ0v) is 18.0. The molecule has 0 N–H and O–H groups in total. The standard InChI is InChI=1S/C25H24N2O4/c1-25(2)21-7-5-6-8-22(21)27(3)23(25)14-19(28)16-31-24(29)18(15-26)13-17-9-11-20(30-4)12-10-17/h5-14H,16H2,1-4H3/b18-13-,23-14-. The Bertz CT molecular complexity index is 1110. The number of ketones is 1. The first kappa shape index (κ1) is 21.8. The van der Waals surface area contributed by atoms with Gasteiger partial charge in [-0.1, -0.05) is 44.2 Å². The van der Waals surface area contributed by atoms with Gasteiger partial charge in [0.1, 0.15) is 17.4 Å². The van der Waals surface area contributed by atoms with E-state index in [9.17, 15) is 14.9 Å². The van der Waals surface area contributed by atoms with E-state index < -0.39 is 12.6 Å². The van der Waals surface area contributed by atoms with Crippen LogP contribution in [0.3, 0.4) is 0 Å². The molecule has 0 saturated carbocycles. The number of anilines is 1. The number of rotatable bonds is 6. The van der Waals surface area contributed by atoms with Crippen LogP contribution >= 0.6 is 0 Å². The Balaban J connectivity index is 1.69. The highest BCUT2D eigenvalue weighted by atomic mass is 16.5. The maximum absolute atomic E-state index is 12.5. The average Bonchev–Trinajstić information content (AvgIpc) is 2.97. The molecule has 0 unspecified atom stereocenters. The van der Waals surface area contributed by atoms with Crippen molar-refractivity contribution in [1.82, 2.24) is 0 Å². The molecule has 31 heavy (non-hydrogen) atoms. The van der Waals surface area contributed by atoms with Crippen molar-refractivity contribution in [3.63, 3.8) is 0 Å². The Morgan fingerprint density at radius 2 is 1.81 bits per heavy atom. The van der Waals surface area contributed by atoms with Crippen molar-refractivity contribution in [3.8, 4) is 11.8 Å². The number of likely N-dealkylation sites (N-methyl/N-ethyl adjacent to an activating group) is 1. The van der Waals surface area contributed by atoms with E-state index in [2.05, 4.69) is 0 Å². The lowest BCUT2D eigenvalue weighted by Gasteiger charge is -2.23. The minimum absolute atomic E-state index is 0.184. The van der Waals surface area contributed by atoms with Crippen molar-refractivity contribution in [3.05, 3.63) is 77.0 Å². The van der Waals surface area contributed by atoms with Crippen LogP contribution in [0.1, 0.15) is 25.0 Å². The highest BCUT2D eigenvalue weighted by molar-refractivity contribution is 6.00. The predicted octanol–water partition coefficient (Wildman–Crippen LogP) is 4.03. The number of methoxy groups -OCH3 is 1. The maximum Gasteiger partial charge on any atom is 0.349 e. The van der Waals surface area contributed by atoms with Gasteiger partial charge in [0.25, 0.3) is 0 Å². The van der Waals surface area contributed by atoms with Gasteiger partial charge >= 0.3 is 5.97 Å². The third-order valence-electron chi connectivity index (χ3n) is 5.35. The van der Waals surface area contributed by atoms with E-state index >= 15 is 0 Å². The summed E-state index contributed by atoms with van der Waals surface area (Å²) in [6, 6.07) is 16.7. The number of hydrogen-bond donors (Lipinski definition) is 0. The van der Waals surface area contributed by atoms with Crippen LogP contribution in [0, 0.1) is 11.3 Å². The number of hydrogen-bond acceptors (Lipinski definition) is 6. The molecule has 2 aromatic carbocycles. The van der Waals surface area contributed by atoms with E-state index in [-0.39, 0.29) is 16.8 Å². The van der Waals surface area contributed by atoms with E-state index in [0.29, 0.717) is 11.3 Å². The number of allylic oxidation sites excluding steroid dienone is 1. The zero-order valence-electron chi connectivity index (χ0n) is 18.0. The molecule has 0 spiro atoms. The van der Waals surface area contributed by atoms with Gasteiger partial charge in [-0.3, -0.25) is 4.79 Å². The first-order valence-corrected chi connectivity index (χ1v) is 9.79. The molecule has 3 rings (SSSR count). The zero-order chi connectivity index (χ0) is 22.6. The van der Waals surface area contributed by atoms with Crippen molar-refractivity contribution in [2.75, 3.05) is 25.7 Å². The fourth-order valence-corrected chi connectivity index (χ4v) is 3.67. The van der Waals surface area contributed by atoms with Gasteiger partial charge < -0.3 is 14.4 Å². The Hall–Kier alpha value is -3.85. The van der Waals surface area contributed by atoms with E-state index in [4.69, 9.17) is 9.47 Å². The Kier molecular flexibility index (Phi) is 6.26. The highest BCUT2D eigenvalue weighted by Crippen LogP contribution is 2.46. The number of ether oxygens (including phenoxy) is 2. The average molecular weight is 416 g/mol. The van der Waals surface area contributed by atoms with Gasteiger partial charge in [0.2, 0.25) is 0 Å². The van der Waals surface area contributed by atoms with Crippen LogP contribution in [0.2, 0.25) is 0 Å². The summed E-state index contributed by atoms with van der Waals surface area (Å²) in [6.45, 7) is 3.65. The minimum atomic E-state index is -0.840. The van der Waals surface area contributed by atoms with Crippen molar-refractivity contribution >= 4 is 23.5 Å². The molecular weight excluding hydrogens is 392 g/mol. The third-order valence-corrected chi connectivity index (χ3v) is 5.35. The van der Waals surface area contributed by atoms with Crippen LogP contribution in [0.4, 0.5) is 5.69 Å². The van der Waals surface area contributed by atoms with Crippen LogP contribution in [0.25, 0.3) is 6.08 Å². The van der Waals surface area contributed by atoms with Crippen molar-refractivity contribution in [2.45, 2.75) is 19.3 Å². The van der Waals surface area contributed by atoms with Gasteiger partial charge in [-0.25, -0.2) is 4.79 Å². The number of carbonyl (C=O) groups is 2. The molecule has 1 aliphatic rings. The number of benzene rings is 2. The summed E-state index contributed by atoms with van der Waals surface area (Å²) in [4.78, 5) is 26.8. The lowest BCUT2D eigenvalue weighted by molar-refractivity contribution is -0.142. The first-order chi connectivity index (χ1) is 14.8. The summed E-state index contributed by atoms with van der Waals surface area (Å²) >= 11 is 0. The number of carbonyl (C=O) groups excluding carboxylic acids is 2. The summed E-state index contributed by atoms with van der Waals surface area (Å²) < 4.78 is 10.2. The second kappa shape index (κ2) is 8.88. The molecule has 0 radical (unpaired) electrons. The second-order valence-corrected chi connectivity index (χ2v) is 7.72. The summed E-state index contributed by atoms with van der Waals surface area (Å²) in [5.74, 6) is -0.524. The van der Waals surface area contributed by atoms with Gasteiger partial charge in [-0.15, -0.1) is 0 Å². The number of nitrogens with zero attached hydrogens (tertiary/aromatic N) is 2. The molecule has 0 atom stereocenters. The molecule has 2 aromatic rings. The van der Waals surface area contributed by atoms with Gasteiger partial charge in [0.15, 0.2) is 12.4 Å². The second-order valence-electron chi connectivity index (χ2n) is 7.72. The van der Waals surface area contributed by atoms with Gasteiger partial charge in [0.05, 0.1) is 7.11 Å². The molecule has 1 heterocycles. The molecule has 6 heteroatoms. The molecule has 6 nitrogen and oxygen atoms in total. The van der Waals surface area contributed by atoms with E-state index in [1.165, 1.54) is 12.2 Å². The van der Waals surface area contributed by atoms with Crippen LogP contribution in [0.5, 0.6) is 5.75 Å². The van der Waals surface area contributed by atoms with Crippen LogP contribution < -0.4 is 9.64 Å². The topological polar surface area (TPSA) is 79.6 Å². The fraction of sp³-hybridized carbons (Fsp3) is 0.240. The van der Waals surface area contributed by atoms with Gasteiger partial charge in [-0.2, -0.15) is 5.26 Å². The molecule has 0 saturated heterocycles. The highest BCUT2D eigenvalue weighted by Gasteiger charge is 2.38. The monoisotopic (exact) mass is 416 g/mol. The Morgan fingerprint density at radius 3 is 2.42 bits per heavy atom. The smallest absolute Gasteiger partial charge is 0.349 e. The fourth-order valence-electron chi connectivity index (χ4n) is 3.67. The predicted molar refractivity (Wildman–Crippen MR) is 119 cm³/mol. The number of nitriles is 1. The molecule has 1 aliphatic heterocycles. The largest absolute Gasteiger partial charge is 0.497 e.